The van der Waals surface area contributed by atoms with E-state index in [0.29, 0.717) is 6.61 Å². The monoisotopic (exact) mass is 192 g/mol. The van der Waals surface area contributed by atoms with Crippen LogP contribution in [0.2, 0.25) is 0 Å². The second kappa shape index (κ2) is 3.96. The van der Waals surface area contributed by atoms with E-state index in [1.807, 2.05) is 13.0 Å². The number of rotatable bonds is 3. The van der Waals surface area contributed by atoms with E-state index < -0.39 is 0 Å². The smallest absolute Gasteiger partial charge is 0.213 e. The van der Waals surface area contributed by atoms with Crippen LogP contribution in [-0.2, 0) is 13.1 Å². The van der Waals surface area contributed by atoms with Crippen molar-refractivity contribution in [1.82, 2.24) is 9.88 Å². The minimum Gasteiger partial charge on any atom is -0.478 e. The van der Waals surface area contributed by atoms with E-state index >= 15 is 0 Å². The zero-order chi connectivity index (χ0) is 9.97. The lowest BCUT2D eigenvalue weighted by Gasteiger charge is -2.08. The van der Waals surface area contributed by atoms with Crippen LogP contribution >= 0.6 is 0 Å². The van der Waals surface area contributed by atoms with Crippen molar-refractivity contribution in [3.63, 3.8) is 0 Å². The van der Waals surface area contributed by atoms with Gasteiger partial charge >= 0.3 is 0 Å². The molecular weight excluding hydrogens is 176 g/mol. The number of aromatic nitrogens is 1. The maximum absolute atomic E-state index is 5.37. The Morgan fingerprint density at radius 2 is 2.21 bits per heavy atom. The molecule has 2 heterocycles. The van der Waals surface area contributed by atoms with Gasteiger partial charge in [0, 0.05) is 19.2 Å². The van der Waals surface area contributed by atoms with Crippen LogP contribution < -0.4 is 4.74 Å². The van der Waals surface area contributed by atoms with Crippen molar-refractivity contribution in [2.24, 2.45) is 0 Å². The highest BCUT2D eigenvalue weighted by molar-refractivity contribution is 5.28. The van der Waals surface area contributed by atoms with Crippen molar-refractivity contribution >= 4 is 0 Å². The van der Waals surface area contributed by atoms with Gasteiger partial charge in [0.15, 0.2) is 0 Å². The van der Waals surface area contributed by atoms with Crippen molar-refractivity contribution in [2.75, 3.05) is 13.2 Å². The third-order valence-electron chi connectivity index (χ3n) is 2.55. The van der Waals surface area contributed by atoms with E-state index in [4.69, 9.17) is 4.74 Å². The standard InChI is InChI=1S/C11H16N2O/c1-3-13-7-9-5-6-11(14-4-2)12-10(9)8-13/h5-6H,3-4,7-8H2,1-2H3. The second-order valence-corrected chi connectivity index (χ2v) is 3.49. The summed E-state index contributed by atoms with van der Waals surface area (Å²) in [5, 5.41) is 0. The van der Waals surface area contributed by atoms with E-state index in [1.165, 1.54) is 11.3 Å². The van der Waals surface area contributed by atoms with Crippen LogP contribution in [-0.4, -0.2) is 23.0 Å². The average molecular weight is 192 g/mol. The highest BCUT2D eigenvalue weighted by Crippen LogP contribution is 2.22. The molecule has 1 aromatic heterocycles. The van der Waals surface area contributed by atoms with Crippen molar-refractivity contribution in [3.8, 4) is 5.88 Å². The number of nitrogens with zero attached hydrogens (tertiary/aromatic N) is 2. The molecule has 0 amide bonds. The van der Waals surface area contributed by atoms with E-state index in [2.05, 4.69) is 22.9 Å². The zero-order valence-electron chi connectivity index (χ0n) is 8.79. The van der Waals surface area contributed by atoms with E-state index in [-0.39, 0.29) is 0 Å². The van der Waals surface area contributed by atoms with Crippen LogP contribution in [0.5, 0.6) is 5.88 Å². The Bertz CT molecular complexity index is 325. The zero-order valence-corrected chi connectivity index (χ0v) is 8.79. The highest BCUT2D eigenvalue weighted by Gasteiger charge is 2.18. The van der Waals surface area contributed by atoms with Gasteiger partial charge in [-0.15, -0.1) is 0 Å². The molecule has 0 aliphatic carbocycles. The summed E-state index contributed by atoms with van der Waals surface area (Å²) in [7, 11) is 0. The average Bonchev–Trinajstić information content (AvgIpc) is 2.60. The normalized spacial score (nSPS) is 15.6. The molecule has 3 nitrogen and oxygen atoms in total. The molecule has 1 aliphatic heterocycles. The second-order valence-electron chi connectivity index (χ2n) is 3.49. The van der Waals surface area contributed by atoms with Crippen molar-refractivity contribution in [2.45, 2.75) is 26.9 Å². The largest absolute Gasteiger partial charge is 0.478 e. The molecule has 1 aliphatic rings. The van der Waals surface area contributed by atoms with Gasteiger partial charge in [0.2, 0.25) is 5.88 Å². The molecule has 1 aromatic rings. The fraction of sp³-hybridized carbons (Fsp3) is 0.545. The maximum Gasteiger partial charge on any atom is 0.213 e. The first-order valence-corrected chi connectivity index (χ1v) is 5.17. The van der Waals surface area contributed by atoms with Gasteiger partial charge in [0.1, 0.15) is 0 Å². The summed E-state index contributed by atoms with van der Waals surface area (Å²) in [5.41, 5.74) is 2.52. The predicted octanol–water partition coefficient (Wildman–Crippen LogP) is 1.82. The fourth-order valence-corrected chi connectivity index (χ4v) is 1.75. The third kappa shape index (κ3) is 1.73. The quantitative estimate of drug-likeness (QED) is 0.730. The maximum atomic E-state index is 5.37. The van der Waals surface area contributed by atoms with Crippen LogP contribution in [0.4, 0.5) is 0 Å². The Morgan fingerprint density at radius 1 is 1.36 bits per heavy atom. The number of hydrogen-bond acceptors (Lipinski definition) is 3. The van der Waals surface area contributed by atoms with Gasteiger partial charge < -0.3 is 4.74 Å². The molecule has 0 saturated heterocycles. The third-order valence-corrected chi connectivity index (χ3v) is 2.55. The van der Waals surface area contributed by atoms with E-state index in [1.54, 1.807) is 0 Å². The van der Waals surface area contributed by atoms with Crippen molar-refractivity contribution in [1.29, 1.82) is 0 Å². The molecule has 0 unspecified atom stereocenters. The minimum atomic E-state index is 0.684. The van der Waals surface area contributed by atoms with Gasteiger partial charge in [-0.25, -0.2) is 4.98 Å². The molecule has 0 atom stereocenters. The van der Waals surface area contributed by atoms with Crippen molar-refractivity contribution in [3.05, 3.63) is 23.4 Å². The summed E-state index contributed by atoms with van der Waals surface area (Å²) in [6.45, 7) is 7.92. The molecule has 0 fully saturated rings. The molecule has 0 spiro atoms. The SMILES string of the molecule is CCOc1ccc2c(n1)CN(CC)C2. The Balaban J connectivity index is 2.17. The summed E-state index contributed by atoms with van der Waals surface area (Å²) in [4.78, 5) is 6.85. The topological polar surface area (TPSA) is 25.4 Å². The molecule has 14 heavy (non-hydrogen) atoms. The van der Waals surface area contributed by atoms with Gasteiger partial charge in [0.25, 0.3) is 0 Å². The van der Waals surface area contributed by atoms with E-state index in [9.17, 15) is 0 Å². The molecule has 0 bridgehead atoms. The molecule has 2 rings (SSSR count). The number of hydrogen-bond donors (Lipinski definition) is 0. The lowest BCUT2D eigenvalue weighted by atomic mass is 10.2. The number of fused-ring (bicyclic) bond motifs is 1. The Hall–Kier alpha value is -1.09. The molecule has 0 radical (unpaired) electrons. The molecule has 0 saturated carbocycles. The molecular formula is C11H16N2O. The van der Waals surface area contributed by atoms with Crippen LogP contribution in [0, 0.1) is 0 Å². The van der Waals surface area contributed by atoms with Gasteiger partial charge in [-0.3, -0.25) is 4.90 Å². The predicted molar refractivity (Wildman–Crippen MR) is 55.2 cm³/mol. The van der Waals surface area contributed by atoms with Gasteiger partial charge in [-0.1, -0.05) is 13.0 Å². The summed E-state index contributed by atoms with van der Waals surface area (Å²) in [5.74, 6) is 0.754. The summed E-state index contributed by atoms with van der Waals surface area (Å²) in [6, 6.07) is 4.09. The van der Waals surface area contributed by atoms with Gasteiger partial charge in [-0.05, 0) is 19.0 Å². The van der Waals surface area contributed by atoms with Crippen LogP contribution in [0.25, 0.3) is 0 Å². The Morgan fingerprint density at radius 3 is 2.93 bits per heavy atom. The van der Waals surface area contributed by atoms with Gasteiger partial charge in [0.05, 0.1) is 12.3 Å². The van der Waals surface area contributed by atoms with Crippen LogP contribution in [0.15, 0.2) is 12.1 Å². The van der Waals surface area contributed by atoms with E-state index in [0.717, 1.165) is 25.5 Å². The Labute approximate surface area is 84.7 Å². The molecule has 0 N–H and O–H groups in total. The minimum absolute atomic E-state index is 0.684. The summed E-state index contributed by atoms with van der Waals surface area (Å²) < 4.78 is 5.37. The molecule has 76 valence electrons. The highest BCUT2D eigenvalue weighted by atomic mass is 16.5. The van der Waals surface area contributed by atoms with Crippen LogP contribution in [0.1, 0.15) is 25.1 Å². The number of pyridine rings is 1. The first-order valence-electron chi connectivity index (χ1n) is 5.17. The first-order chi connectivity index (χ1) is 6.83. The number of ether oxygens (including phenoxy) is 1. The molecule has 3 heteroatoms. The summed E-state index contributed by atoms with van der Waals surface area (Å²) >= 11 is 0. The lowest BCUT2D eigenvalue weighted by Crippen LogP contribution is -2.14. The lowest BCUT2D eigenvalue weighted by molar-refractivity contribution is 0.297. The Kier molecular flexibility index (Phi) is 2.68. The van der Waals surface area contributed by atoms with Gasteiger partial charge in [-0.2, -0.15) is 0 Å². The fourth-order valence-electron chi connectivity index (χ4n) is 1.75. The van der Waals surface area contributed by atoms with Crippen molar-refractivity contribution < 1.29 is 4.74 Å². The first kappa shape index (κ1) is 9.46. The summed E-state index contributed by atoms with van der Waals surface area (Å²) in [6.07, 6.45) is 0. The van der Waals surface area contributed by atoms with Crippen LogP contribution in [0.3, 0.4) is 0 Å². The molecule has 0 aromatic carbocycles.